The van der Waals surface area contributed by atoms with E-state index < -0.39 is 11.4 Å². The first kappa shape index (κ1) is 15.7. The van der Waals surface area contributed by atoms with Crippen molar-refractivity contribution in [2.24, 2.45) is 11.5 Å². The summed E-state index contributed by atoms with van der Waals surface area (Å²) in [7, 11) is 1.98. The second-order valence-electron chi connectivity index (χ2n) is 5.25. The molecule has 0 aromatic heterocycles. The molecule has 19 heavy (non-hydrogen) atoms. The summed E-state index contributed by atoms with van der Waals surface area (Å²) in [6.07, 6.45) is 2.17. The Morgan fingerprint density at radius 3 is 2.42 bits per heavy atom. The first-order chi connectivity index (χ1) is 8.91. The van der Waals surface area contributed by atoms with Crippen LogP contribution in [0.15, 0.2) is 30.3 Å². The highest BCUT2D eigenvalue weighted by Crippen LogP contribution is 2.20. The van der Waals surface area contributed by atoms with E-state index in [1.807, 2.05) is 37.4 Å². The first-order valence-electron chi connectivity index (χ1n) is 6.76. The zero-order valence-electron chi connectivity index (χ0n) is 12.1. The Morgan fingerprint density at radius 1 is 1.37 bits per heavy atom. The van der Waals surface area contributed by atoms with E-state index in [1.165, 1.54) is 0 Å². The molecule has 0 heterocycles. The number of hydrogen-bond acceptors (Lipinski definition) is 3. The number of carbonyl (C=O) groups is 1. The van der Waals surface area contributed by atoms with Gasteiger partial charge in [0, 0.05) is 12.6 Å². The molecule has 0 aliphatic rings. The van der Waals surface area contributed by atoms with Crippen molar-refractivity contribution in [1.29, 1.82) is 0 Å². The molecule has 0 saturated heterocycles. The van der Waals surface area contributed by atoms with Crippen molar-refractivity contribution in [3.8, 4) is 0 Å². The SMILES string of the molecule is CCCC(C)N(C)CC(N)(C(N)=O)c1ccccc1. The number of benzene rings is 1. The number of likely N-dealkylation sites (N-methyl/N-ethyl adjacent to an activating group) is 1. The van der Waals surface area contributed by atoms with Gasteiger partial charge >= 0.3 is 0 Å². The third-order valence-electron chi connectivity index (χ3n) is 3.69. The standard InChI is InChI=1S/C15H25N3O/c1-4-8-12(2)18(3)11-15(17,14(16)19)13-9-6-5-7-10-13/h5-7,9-10,12H,4,8,11,17H2,1-3H3,(H2,16,19). The summed E-state index contributed by atoms with van der Waals surface area (Å²) in [6.45, 7) is 4.70. The predicted octanol–water partition coefficient (Wildman–Crippen LogP) is 1.45. The zero-order valence-corrected chi connectivity index (χ0v) is 12.1. The van der Waals surface area contributed by atoms with Crippen LogP contribution in [-0.4, -0.2) is 30.4 Å². The Bertz CT molecular complexity index is 407. The Kier molecular flexibility index (Phi) is 5.51. The number of amides is 1. The highest BCUT2D eigenvalue weighted by molar-refractivity contribution is 5.86. The van der Waals surface area contributed by atoms with Gasteiger partial charge in [-0.3, -0.25) is 4.79 Å². The largest absolute Gasteiger partial charge is 0.368 e. The quantitative estimate of drug-likeness (QED) is 0.782. The van der Waals surface area contributed by atoms with E-state index in [4.69, 9.17) is 11.5 Å². The first-order valence-corrected chi connectivity index (χ1v) is 6.76. The molecule has 106 valence electrons. The van der Waals surface area contributed by atoms with Crippen LogP contribution in [-0.2, 0) is 10.3 Å². The van der Waals surface area contributed by atoms with Gasteiger partial charge < -0.3 is 16.4 Å². The number of primary amides is 1. The lowest BCUT2D eigenvalue weighted by Crippen LogP contribution is -2.56. The van der Waals surface area contributed by atoms with Crippen LogP contribution < -0.4 is 11.5 Å². The molecular formula is C15H25N3O. The Balaban J connectivity index is 2.93. The Labute approximate surface area is 115 Å². The molecule has 0 aliphatic heterocycles. The van der Waals surface area contributed by atoms with Crippen LogP contribution in [0.1, 0.15) is 32.3 Å². The van der Waals surface area contributed by atoms with Gasteiger partial charge in [-0.25, -0.2) is 0 Å². The summed E-state index contributed by atoms with van der Waals surface area (Å²) in [5, 5.41) is 0. The smallest absolute Gasteiger partial charge is 0.243 e. The highest BCUT2D eigenvalue weighted by Gasteiger charge is 2.35. The van der Waals surface area contributed by atoms with Crippen molar-refractivity contribution in [1.82, 2.24) is 4.90 Å². The van der Waals surface area contributed by atoms with Gasteiger partial charge in [-0.05, 0) is 26.0 Å². The molecule has 1 aromatic rings. The summed E-state index contributed by atoms with van der Waals surface area (Å²) in [6, 6.07) is 9.71. The molecule has 1 rings (SSSR count). The van der Waals surface area contributed by atoms with Crippen molar-refractivity contribution < 1.29 is 4.79 Å². The number of hydrogen-bond donors (Lipinski definition) is 2. The molecule has 0 fully saturated rings. The van der Waals surface area contributed by atoms with E-state index in [1.54, 1.807) is 0 Å². The van der Waals surface area contributed by atoms with E-state index >= 15 is 0 Å². The van der Waals surface area contributed by atoms with E-state index in [0.717, 1.165) is 18.4 Å². The molecule has 0 spiro atoms. The Hall–Kier alpha value is -1.39. The van der Waals surface area contributed by atoms with Crippen molar-refractivity contribution in [2.45, 2.75) is 38.3 Å². The number of carbonyl (C=O) groups excluding carboxylic acids is 1. The van der Waals surface area contributed by atoms with Gasteiger partial charge in [-0.15, -0.1) is 0 Å². The fourth-order valence-electron chi connectivity index (χ4n) is 2.23. The van der Waals surface area contributed by atoms with Crippen LogP contribution in [0, 0.1) is 0 Å². The van der Waals surface area contributed by atoms with Gasteiger partial charge in [0.1, 0.15) is 5.54 Å². The van der Waals surface area contributed by atoms with Crippen LogP contribution >= 0.6 is 0 Å². The average molecular weight is 263 g/mol. The molecule has 0 radical (unpaired) electrons. The fraction of sp³-hybridized carbons (Fsp3) is 0.533. The van der Waals surface area contributed by atoms with Crippen molar-refractivity contribution >= 4 is 5.91 Å². The lowest BCUT2D eigenvalue weighted by Gasteiger charge is -2.34. The van der Waals surface area contributed by atoms with Crippen molar-refractivity contribution in [3.05, 3.63) is 35.9 Å². The van der Waals surface area contributed by atoms with Crippen LogP contribution in [0.3, 0.4) is 0 Å². The molecule has 4 N–H and O–H groups in total. The van der Waals surface area contributed by atoms with Gasteiger partial charge in [0.2, 0.25) is 5.91 Å². The molecule has 1 aromatic carbocycles. The zero-order chi connectivity index (χ0) is 14.5. The minimum atomic E-state index is -1.14. The molecule has 0 aliphatic carbocycles. The van der Waals surface area contributed by atoms with Gasteiger partial charge in [0.25, 0.3) is 0 Å². The highest BCUT2D eigenvalue weighted by atomic mass is 16.1. The number of rotatable bonds is 7. The molecule has 0 bridgehead atoms. The summed E-state index contributed by atoms with van der Waals surface area (Å²) in [5.74, 6) is -0.491. The van der Waals surface area contributed by atoms with Gasteiger partial charge in [-0.1, -0.05) is 43.7 Å². The predicted molar refractivity (Wildman–Crippen MR) is 78.5 cm³/mol. The third kappa shape index (κ3) is 3.78. The molecule has 0 saturated carbocycles. The fourth-order valence-corrected chi connectivity index (χ4v) is 2.23. The molecule has 1 amide bonds. The van der Waals surface area contributed by atoms with Crippen molar-refractivity contribution in [2.75, 3.05) is 13.6 Å². The monoisotopic (exact) mass is 263 g/mol. The maximum atomic E-state index is 11.8. The van der Waals surface area contributed by atoms with Crippen LogP contribution in [0.4, 0.5) is 0 Å². The van der Waals surface area contributed by atoms with E-state index in [9.17, 15) is 4.79 Å². The number of nitrogens with two attached hydrogens (primary N) is 2. The second kappa shape index (κ2) is 6.68. The van der Waals surface area contributed by atoms with Crippen LogP contribution in [0.25, 0.3) is 0 Å². The summed E-state index contributed by atoms with van der Waals surface area (Å²) >= 11 is 0. The van der Waals surface area contributed by atoms with E-state index in [0.29, 0.717) is 12.6 Å². The van der Waals surface area contributed by atoms with E-state index in [2.05, 4.69) is 18.7 Å². The third-order valence-corrected chi connectivity index (χ3v) is 3.69. The Morgan fingerprint density at radius 2 is 1.95 bits per heavy atom. The minimum Gasteiger partial charge on any atom is -0.368 e. The molecule has 2 unspecified atom stereocenters. The molecule has 4 heteroatoms. The number of nitrogens with zero attached hydrogens (tertiary/aromatic N) is 1. The maximum absolute atomic E-state index is 11.8. The molecule has 4 nitrogen and oxygen atoms in total. The van der Waals surface area contributed by atoms with Crippen molar-refractivity contribution in [3.63, 3.8) is 0 Å². The van der Waals surface area contributed by atoms with Gasteiger partial charge in [0.15, 0.2) is 0 Å². The minimum absolute atomic E-state index is 0.371. The lowest BCUT2D eigenvalue weighted by molar-refractivity contribution is -0.124. The lowest BCUT2D eigenvalue weighted by atomic mass is 9.89. The summed E-state index contributed by atoms with van der Waals surface area (Å²) in [5.41, 5.74) is 11.4. The van der Waals surface area contributed by atoms with Gasteiger partial charge in [0.05, 0.1) is 0 Å². The summed E-state index contributed by atoms with van der Waals surface area (Å²) < 4.78 is 0. The van der Waals surface area contributed by atoms with Crippen LogP contribution in [0.2, 0.25) is 0 Å². The topological polar surface area (TPSA) is 72.3 Å². The summed E-state index contributed by atoms with van der Waals surface area (Å²) in [4.78, 5) is 13.9. The van der Waals surface area contributed by atoms with Crippen LogP contribution in [0.5, 0.6) is 0 Å². The van der Waals surface area contributed by atoms with E-state index in [-0.39, 0.29) is 0 Å². The van der Waals surface area contributed by atoms with Gasteiger partial charge in [-0.2, -0.15) is 0 Å². The molecular weight excluding hydrogens is 238 g/mol. The average Bonchev–Trinajstić information content (AvgIpc) is 2.39. The second-order valence-corrected chi connectivity index (χ2v) is 5.25. The normalized spacial score (nSPS) is 16.1. The molecule has 2 atom stereocenters. The maximum Gasteiger partial charge on any atom is 0.243 e.